The fourth-order valence-corrected chi connectivity index (χ4v) is 3.28. The lowest BCUT2D eigenvalue weighted by Crippen LogP contribution is -2.09. The molecule has 0 spiro atoms. The van der Waals surface area contributed by atoms with Crippen molar-refractivity contribution in [2.75, 3.05) is 19.0 Å². The molecule has 0 saturated carbocycles. The molecule has 0 atom stereocenters. The van der Waals surface area contributed by atoms with E-state index < -0.39 is 26.7 Å². The van der Waals surface area contributed by atoms with E-state index in [9.17, 15) is 25.0 Å². The molecule has 4 rings (SSSR count). The predicted molar refractivity (Wildman–Crippen MR) is 122 cm³/mol. The average molecular weight is 447 g/mol. The Bertz CT molecular complexity index is 1440. The first-order chi connectivity index (χ1) is 15.8. The number of nitrogens with zero attached hydrogens (tertiary/aromatic N) is 3. The number of ether oxygens (including phenoxy) is 1. The molecule has 4 aromatic rings. The summed E-state index contributed by atoms with van der Waals surface area (Å²) in [6, 6.07) is 16.6. The molecule has 10 heteroatoms. The smallest absolute Gasteiger partial charge is 0.318 e. The van der Waals surface area contributed by atoms with Crippen molar-refractivity contribution in [2.45, 2.75) is 0 Å². The van der Waals surface area contributed by atoms with Crippen LogP contribution in [0, 0.1) is 20.2 Å². The van der Waals surface area contributed by atoms with Gasteiger partial charge in [-0.2, -0.15) is 0 Å². The molecule has 0 saturated heterocycles. The maximum atomic E-state index is 13.3. The highest BCUT2D eigenvalue weighted by atomic mass is 16.6. The van der Waals surface area contributed by atoms with Crippen molar-refractivity contribution in [1.29, 1.82) is 0 Å². The van der Waals surface area contributed by atoms with Gasteiger partial charge in [-0.05, 0) is 42.5 Å². The zero-order valence-corrected chi connectivity index (χ0v) is 17.6. The number of para-hydroxylation sites is 1. The largest absolute Gasteiger partial charge is 0.452 e. The van der Waals surface area contributed by atoms with Crippen molar-refractivity contribution in [3.05, 3.63) is 97.2 Å². The molecule has 0 fully saturated rings. The minimum Gasteiger partial charge on any atom is -0.452 e. The lowest BCUT2D eigenvalue weighted by molar-refractivity contribution is -0.394. The summed E-state index contributed by atoms with van der Waals surface area (Å²) in [5.41, 5.74) is 0.0964. The van der Waals surface area contributed by atoms with Crippen LogP contribution in [0.2, 0.25) is 0 Å². The Morgan fingerprint density at radius 3 is 2.24 bits per heavy atom. The van der Waals surface area contributed by atoms with Crippen molar-refractivity contribution in [2.24, 2.45) is 0 Å². The molecule has 0 aliphatic rings. The van der Waals surface area contributed by atoms with Crippen LogP contribution in [-0.2, 0) is 0 Å². The standard InChI is InChI=1S/C23H17N3O7/c1-24(2)15-9-7-14(8-10-15)22-23(21(27)17-5-3-4-6-19(17)32-22)33-20-12-11-16(25(28)29)13-18(20)26(30)31/h3-13H,1-2H3. The third kappa shape index (κ3) is 4.09. The van der Waals surface area contributed by atoms with Crippen LogP contribution >= 0.6 is 0 Å². The summed E-state index contributed by atoms with van der Waals surface area (Å²) in [7, 11) is 3.76. The first-order valence-electron chi connectivity index (χ1n) is 9.70. The Morgan fingerprint density at radius 2 is 1.61 bits per heavy atom. The SMILES string of the molecule is CN(C)c1ccc(-c2oc3ccccc3c(=O)c2Oc2ccc([N+](=O)[O-])cc2[N+](=O)[O-])cc1. The fourth-order valence-electron chi connectivity index (χ4n) is 3.28. The summed E-state index contributed by atoms with van der Waals surface area (Å²) in [5, 5.41) is 22.8. The highest BCUT2D eigenvalue weighted by Crippen LogP contribution is 2.38. The van der Waals surface area contributed by atoms with E-state index in [1.807, 2.05) is 31.1 Å². The Balaban J connectivity index is 1.93. The highest BCUT2D eigenvalue weighted by molar-refractivity contribution is 5.82. The van der Waals surface area contributed by atoms with Crippen LogP contribution in [0.25, 0.3) is 22.3 Å². The molecule has 10 nitrogen and oxygen atoms in total. The zero-order valence-electron chi connectivity index (χ0n) is 17.6. The molecule has 1 aromatic heterocycles. The van der Waals surface area contributed by atoms with Gasteiger partial charge < -0.3 is 14.1 Å². The number of hydrogen-bond acceptors (Lipinski definition) is 8. The number of anilines is 1. The zero-order chi connectivity index (χ0) is 23.7. The lowest BCUT2D eigenvalue weighted by atomic mass is 10.1. The minimum atomic E-state index is -0.809. The van der Waals surface area contributed by atoms with E-state index in [0.717, 1.165) is 23.9 Å². The van der Waals surface area contributed by atoms with Gasteiger partial charge in [0.1, 0.15) is 5.58 Å². The van der Waals surface area contributed by atoms with Crippen molar-refractivity contribution < 1.29 is 19.0 Å². The van der Waals surface area contributed by atoms with Crippen molar-refractivity contribution in [3.8, 4) is 22.8 Å². The number of nitro groups is 2. The summed E-state index contributed by atoms with van der Waals surface area (Å²) in [6.45, 7) is 0. The van der Waals surface area contributed by atoms with Gasteiger partial charge in [0.05, 0.1) is 21.3 Å². The van der Waals surface area contributed by atoms with Gasteiger partial charge in [0, 0.05) is 31.4 Å². The molecule has 0 bridgehead atoms. The fraction of sp³-hybridized carbons (Fsp3) is 0.0870. The van der Waals surface area contributed by atoms with Crippen LogP contribution in [0.3, 0.4) is 0 Å². The summed E-state index contributed by atoms with van der Waals surface area (Å²) in [5.74, 6) is -0.501. The van der Waals surface area contributed by atoms with Gasteiger partial charge in [-0.1, -0.05) is 12.1 Å². The van der Waals surface area contributed by atoms with E-state index in [1.165, 1.54) is 0 Å². The van der Waals surface area contributed by atoms with Crippen LogP contribution in [0.4, 0.5) is 17.1 Å². The Hall–Kier alpha value is -4.73. The highest BCUT2D eigenvalue weighted by Gasteiger charge is 2.25. The van der Waals surface area contributed by atoms with E-state index in [1.54, 1.807) is 36.4 Å². The van der Waals surface area contributed by atoms with Gasteiger partial charge in [0.2, 0.25) is 16.9 Å². The number of nitro benzene ring substituents is 2. The third-order valence-corrected chi connectivity index (χ3v) is 4.96. The van der Waals surface area contributed by atoms with Gasteiger partial charge in [0.15, 0.2) is 5.76 Å². The summed E-state index contributed by atoms with van der Waals surface area (Å²) in [6.07, 6.45) is 0. The van der Waals surface area contributed by atoms with E-state index in [-0.39, 0.29) is 22.6 Å². The van der Waals surface area contributed by atoms with Crippen molar-refractivity contribution >= 4 is 28.0 Å². The number of hydrogen-bond donors (Lipinski definition) is 0. The normalized spacial score (nSPS) is 10.7. The molecular weight excluding hydrogens is 430 g/mol. The summed E-state index contributed by atoms with van der Waals surface area (Å²) >= 11 is 0. The summed E-state index contributed by atoms with van der Waals surface area (Å²) in [4.78, 5) is 36.2. The molecule has 1 heterocycles. The number of benzene rings is 3. The van der Waals surface area contributed by atoms with E-state index in [4.69, 9.17) is 9.15 Å². The second-order valence-electron chi connectivity index (χ2n) is 7.30. The summed E-state index contributed by atoms with van der Waals surface area (Å²) < 4.78 is 11.7. The first kappa shape index (κ1) is 21.5. The van der Waals surface area contributed by atoms with Crippen LogP contribution in [0.15, 0.2) is 75.9 Å². The molecule has 166 valence electrons. The molecule has 0 aliphatic heterocycles. The Labute approximate surface area is 186 Å². The van der Waals surface area contributed by atoms with E-state index in [2.05, 4.69) is 0 Å². The maximum Gasteiger partial charge on any atom is 0.318 e. The van der Waals surface area contributed by atoms with Crippen LogP contribution in [0.1, 0.15) is 0 Å². The van der Waals surface area contributed by atoms with Crippen LogP contribution < -0.4 is 15.1 Å². The monoisotopic (exact) mass is 447 g/mol. The van der Waals surface area contributed by atoms with Gasteiger partial charge in [-0.15, -0.1) is 0 Å². The molecule has 33 heavy (non-hydrogen) atoms. The molecule has 0 amide bonds. The van der Waals surface area contributed by atoms with E-state index in [0.29, 0.717) is 11.1 Å². The Morgan fingerprint density at radius 1 is 0.909 bits per heavy atom. The van der Waals surface area contributed by atoms with Crippen LogP contribution in [0.5, 0.6) is 11.5 Å². The number of fused-ring (bicyclic) bond motifs is 1. The number of non-ortho nitro benzene ring substituents is 1. The third-order valence-electron chi connectivity index (χ3n) is 4.96. The molecule has 3 aromatic carbocycles. The second kappa shape index (κ2) is 8.42. The molecule has 0 unspecified atom stereocenters. The number of rotatable bonds is 6. The van der Waals surface area contributed by atoms with Crippen LogP contribution in [-0.4, -0.2) is 23.9 Å². The second-order valence-corrected chi connectivity index (χ2v) is 7.30. The lowest BCUT2D eigenvalue weighted by Gasteiger charge is -2.14. The Kier molecular flexibility index (Phi) is 5.49. The quantitative estimate of drug-likeness (QED) is 0.294. The van der Waals surface area contributed by atoms with Crippen molar-refractivity contribution in [1.82, 2.24) is 0 Å². The molecular formula is C23H17N3O7. The van der Waals surface area contributed by atoms with Gasteiger partial charge in [0.25, 0.3) is 5.69 Å². The van der Waals surface area contributed by atoms with Gasteiger partial charge in [-0.3, -0.25) is 25.0 Å². The van der Waals surface area contributed by atoms with Crippen molar-refractivity contribution in [3.63, 3.8) is 0 Å². The predicted octanol–water partition coefficient (Wildman–Crippen LogP) is 5.13. The molecule has 0 N–H and O–H groups in total. The topological polar surface area (TPSA) is 129 Å². The van der Waals surface area contributed by atoms with E-state index >= 15 is 0 Å². The van der Waals surface area contributed by atoms with Gasteiger partial charge in [-0.25, -0.2) is 0 Å². The first-order valence-corrected chi connectivity index (χ1v) is 9.70. The molecule has 0 aliphatic carbocycles. The average Bonchev–Trinajstić information content (AvgIpc) is 2.80. The molecule has 0 radical (unpaired) electrons. The maximum absolute atomic E-state index is 13.3. The minimum absolute atomic E-state index is 0.0802. The van der Waals surface area contributed by atoms with Gasteiger partial charge >= 0.3 is 5.69 Å².